The molecule has 0 aliphatic rings. The zero-order valence-corrected chi connectivity index (χ0v) is 17.9. The molecule has 0 saturated carbocycles. The standard InChI is InChI=1S/C25H26N2O5/c1-2-30-15-16-31-23-10-6-9-21(17-23)25(29)27-26-24(28)18-32-22-13-11-20(12-14-22)19-7-4-3-5-8-19/h3-14,17H,2,15-16,18H2,1H3,(H,26,28)(H,27,29). The molecule has 0 aliphatic heterocycles. The molecule has 166 valence electrons. The molecule has 0 bridgehead atoms. The molecular weight excluding hydrogens is 408 g/mol. The van der Waals surface area contributed by atoms with Crippen LogP contribution in [-0.4, -0.2) is 38.2 Å². The van der Waals surface area contributed by atoms with Crippen molar-refractivity contribution in [3.8, 4) is 22.6 Å². The van der Waals surface area contributed by atoms with Crippen LogP contribution in [0, 0.1) is 0 Å². The third-order valence-corrected chi connectivity index (χ3v) is 4.44. The number of benzene rings is 3. The fraction of sp³-hybridized carbons (Fsp3) is 0.200. The van der Waals surface area contributed by atoms with Gasteiger partial charge >= 0.3 is 0 Å². The summed E-state index contributed by atoms with van der Waals surface area (Å²) in [6, 6.07) is 24.1. The Labute approximate surface area is 187 Å². The number of amides is 2. The van der Waals surface area contributed by atoms with E-state index in [2.05, 4.69) is 10.9 Å². The fourth-order valence-electron chi connectivity index (χ4n) is 2.85. The highest BCUT2D eigenvalue weighted by Crippen LogP contribution is 2.22. The Morgan fingerprint density at radius 1 is 0.750 bits per heavy atom. The molecule has 0 fully saturated rings. The lowest BCUT2D eigenvalue weighted by Gasteiger charge is -2.10. The zero-order chi connectivity index (χ0) is 22.6. The second-order valence-electron chi connectivity index (χ2n) is 6.75. The molecule has 0 heterocycles. The monoisotopic (exact) mass is 434 g/mol. The van der Waals surface area contributed by atoms with Crippen LogP contribution in [0.4, 0.5) is 0 Å². The van der Waals surface area contributed by atoms with Crippen molar-refractivity contribution < 1.29 is 23.8 Å². The molecule has 2 N–H and O–H groups in total. The highest BCUT2D eigenvalue weighted by molar-refractivity contribution is 5.95. The van der Waals surface area contributed by atoms with Gasteiger partial charge in [-0.1, -0.05) is 48.5 Å². The SMILES string of the molecule is CCOCCOc1cccc(C(=O)NNC(=O)COc2ccc(-c3ccccc3)cc2)c1. The van der Waals surface area contributed by atoms with Crippen LogP contribution in [-0.2, 0) is 9.53 Å². The third kappa shape index (κ3) is 7.14. The summed E-state index contributed by atoms with van der Waals surface area (Å²) in [4.78, 5) is 24.3. The Bertz CT molecular complexity index is 1010. The molecule has 2 amide bonds. The lowest BCUT2D eigenvalue weighted by atomic mass is 10.1. The molecule has 3 aromatic carbocycles. The topological polar surface area (TPSA) is 85.9 Å². The van der Waals surface area contributed by atoms with Crippen molar-refractivity contribution >= 4 is 11.8 Å². The average molecular weight is 434 g/mol. The summed E-state index contributed by atoms with van der Waals surface area (Å²) in [5.41, 5.74) is 7.23. The van der Waals surface area contributed by atoms with E-state index in [-0.39, 0.29) is 6.61 Å². The van der Waals surface area contributed by atoms with Gasteiger partial charge in [0.15, 0.2) is 6.61 Å². The summed E-state index contributed by atoms with van der Waals surface area (Å²) in [6.07, 6.45) is 0. The minimum atomic E-state index is -0.477. The van der Waals surface area contributed by atoms with Crippen LogP contribution in [0.3, 0.4) is 0 Å². The van der Waals surface area contributed by atoms with Gasteiger partial charge < -0.3 is 14.2 Å². The van der Waals surface area contributed by atoms with Crippen molar-refractivity contribution in [3.63, 3.8) is 0 Å². The largest absolute Gasteiger partial charge is 0.491 e. The maximum atomic E-state index is 12.3. The van der Waals surface area contributed by atoms with Gasteiger partial charge in [0.1, 0.15) is 18.1 Å². The Morgan fingerprint density at radius 3 is 2.25 bits per heavy atom. The van der Waals surface area contributed by atoms with Gasteiger partial charge in [0, 0.05) is 12.2 Å². The molecule has 7 nitrogen and oxygen atoms in total. The molecule has 7 heteroatoms. The molecule has 0 spiro atoms. The summed E-state index contributed by atoms with van der Waals surface area (Å²) in [7, 11) is 0. The van der Waals surface area contributed by atoms with Crippen molar-refractivity contribution in [2.75, 3.05) is 26.4 Å². The van der Waals surface area contributed by atoms with E-state index < -0.39 is 11.8 Å². The number of ether oxygens (including phenoxy) is 3. The molecule has 0 unspecified atom stereocenters. The van der Waals surface area contributed by atoms with Gasteiger partial charge in [0.2, 0.25) is 0 Å². The smallest absolute Gasteiger partial charge is 0.276 e. The summed E-state index contributed by atoms with van der Waals surface area (Å²) in [5.74, 6) is 0.171. The van der Waals surface area contributed by atoms with E-state index in [0.29, 0.717) is 36.9 Å². The van der Waals surface area contributed by atoms with Crippen LogP contribution in [0.5, 0.6) is 11.5 Å². The Morgan fingerprint density at radius 2 is 1.50 bits per heavy atom. The Hall–Kier alpha value is -3.84. The predicted molar refractivity (Wildman–Crippen MR) is 121 cm³/mol. The van der Waals surface area contributed by atoms with Gasteiger partial charge in [-0.25, -0.2) is 0 Å². The Kier molecular flexibility index (Phi) is 8.65. The third-order valence-electron chi connectivity index (χ3n) is 4.44. The van der Waals surface area contributed by atoms with Crippen molar-refractivity contribution in [1.29, 1.82) is 0 Å². The molecular formula is C25H26N2O5. The van der Waals surface area contributed by atoms with Crippen molar-refractivity contribution in [1.82, 2.24) is 10.9 Å². The number of hydrazine groups is 1. The second kappa shape index (κ2) is 12.1. The first-order valence-corrected chi connectivity index (χ1v) is 10.3. The second-order valence-corrected chi connectivity index (χ2v) is 6.75. The first kappa shape index (κ1) is 22.8. The minimum Gasteiger partial charge on any atom is -0.491 e. The normalized spacial score (nSPS) is 10.3. The van der Waals surface area contributed by atoms with Crippen LogP contribution >= 0.6 is 0 Å². The van der Waals surface area contributed by atoms with E-state index in [1.807, 2.05) is 49.4 Å². The van der Waals surface area contributed by atoms with Gasteiger partial charge in [-0.3, -0.25) is 20.4 Å². The van der Waals surface area contributed by atoms with E-state index in [0.717, 1.165) is 11.1 Å². The maximum Gasteiger partial charge on any atom is 0.276 e. The van der Waals surface area contributed by atoms with Gasteiger partial charge in [0.05, 0.1) is 6.61 Å². The maximum absolute atomic E-state index is 12.3. The fourth-order valence-corrected chi connectivity index (χ4v) is 2.85. The number of rotatable bonds is 10. The van der Waals surface area contributed by atoms with E-state index in [1.54, 1.807) is 36.4 Å². The van der Waals surface area contributed by atoms with Crippen LogP contribution in [0.2, 0.25) is 0 Å². The van der Waals surface area contributed by atoms with Crippen molar-refractivity contribution in [3.05, 3.63) is 84.4 Å². The van der Waals surface area contributed by atoms with Crippen LogP contribution in [0.1, 0.15) is 17.3 Å². The highest BCUT2D eigenvalue weighted by Gasteiger charge is 2.09. The summed E-state index contributed by atoms with van der Waals surface area (Å²) in [5, 5.41) is 0. The first-order valence-electron chi connectivity index (χ1n) is 10.3. The van der Waals surface area contributed by atoms with Crippen LogP contribution in [0.25, 0.3) is 11.1 Å². The zero-order valence-electron chi connectivity index (χ0n) is 17.9. The van der Waals surface area contributed by atoms with Crippen molar-refractivity contribution in [2.24, 2.45) is 0 Å². The first-order chi connectivity index (χ1) is 15.7. The van der Waals surface area contributed by atoms with Crippen LogP contribution in [0.15, 0.2) is 78.9 Å². The van der Waals surface area contributed by atoms with Gasteiger partial charge in [0.25, 0.3) is 11.8 Å². The Balaban J connectivity index is 1.42. The minimum absolute atomic E-state index is 0.231. The van der Waals surface area contributed by atoms with Crippen LogP contribution < -0.4 is 20.3 Å². The molecule has 0 aromatic heterocycles. The number of nitrogens with one attached hydrogen (secondary N) is 2. The quantitative estimate of drug-likeness (QED) is 0.376. The molecule has 3 aromatic rings. The number of hydrogen-bond donors (Lipinski definition) is 2. The molecule has 0 aliphatic carbocycles. The van der Waals surface area contributed by atoms with E-state index in [9.17, 15) is 9.59 Å². The number of carbonyl (C=O) groups excluding carboxylic acids is 2. The summed E-state index contributed by atoms with van der Waals surface area (Å²) in [6.45, 7) is 3.16. The molecule has 3 rings (SSSR count). The summed E-state index contributed by atoms with van der Waals surface area (Å²) < 4.78 is 16.2. The predicted octanol–water partition coefficient (Wildman–Crippen LogP) is 3.61. The highest BCUT2D eigenvalue weighted by atomic mass is 16.5. The number of hydrogen-bond acceptors (Lipinski definition) is 5. The van der Waals surface area contributed by atoms with E-state index in [4.69, 9.17) is 14.2 Å². The summed E-state index contributed by atoms with van der Waals surface area (Å²) >= 11 is 0. The lowest BCUT2D eigenvalue weighted by Crippen LogP contribution is -2.43. The van der Waals surface area contributed by atoms with Gasteiger partial charge in [-0.2, -0.15) is 0 Å². The molecule has 32 heavy (non-hydrogen) atoms. The lowest BCUT2D eigenvalue weighted by molar-refractivity contribution is -0.123. The van der Waals surface area contributed by atoms with E-state index >= 15 is 0 Å². The van der Waals surface area contributed by atoms with Gasteiger partial charge in [-0.05, 0) is 48.4 Å². The van der Waals surface area contributed by atoms with E-state index in [1.165, 1.54) is 0 Å². The van der Waals surface area contributed by atoms with Crippen molar-refractivity contribution in [2.45, 2.75) is 6.92 Å². The average Bonchev–Trinajstić information content (AvgIpc) is 2.85. The molecule has 0 saturated heterocycles. The van der Waals surface area contributed by atoms with Gasteiger partial charge in [-0.15, -0.1) is 0 Å². The molecule has 0 radical (unpaired) electrons. The molecule has 0 atom stereocenters. The number of carbonyl (C=O) groups is 2.